The van der Waals surface area contributed by atoms with Gasteiger partial charge >= 0.3 is 6.36 Å². The maximum atomic E-state index is 12.6. The topological polar surface area (TPSA) is 84.5 Å². The quantitative estimate of drug-likeness (QED) is 0.155. The Hall–Kier alpha value is -4.23. The minimum Gasteiger partial charge on any atom is -0.406 e. The van der Waals surface area contributed by atoms with Crippen LogP contribution < -0.4 is 9.64 Å². The van der Waals surface area contributed by atoms with Crippen LogP contribution in [0.5, 0.6) is 5.75 Å². The predicted octanol–water partition coefficient (Wildman–Crippen LogP) is 7.10. The fraction of sp³-hybridized carbons (Fsp3) is 0.179. The zero-order valence-corrected chi connectivity index (χ0v) is 23.3. The summed E-state index contributed by atoms with van der Waals surface area (Å²) < 4.78 is 43.3. The molecule has 1 saturated heterocycles. The van der Waals surface area contributed by atoms with E-state index in [1.807, 2.05) is 34.9 Å². The average Bonchev–Trinajstić information content (AvgIpc) is 3.66. The number of rotatable bonds is 6. The van der Waals surface area contributed by atoms with Gasteiger partial charge in [0.1, 0.15) is 11.4 Å². The second kappa shape index (κ2) is 10.6. The van der Waals surface area contributed by atoms with Gasteiger partial charge in [-0.3, -0.25) is 9.20 Å². The number of ether oxygens (including phenoxy) is 1. The number of amidine groups is 1. The van der Waals surface area contributed by atoms with Crippen molar-refractivity contribution in [2.75, 3.05) is 10.7 Å². The van der Waals surface area contributed by atoms with Gasteiger partial charge in [0.05, 0.1) is 34.2 Å². The van der Waals surface area contributed by atoms with Gasteiger partial charge in [-0.05, 0) is 59.3 Å². The summed E-state index contributed by atoms with van der Waals surface area (Å²) >= 11 is 2.85. The van der Waals surface area contributed by atoms with Crippen LogP contribution >= 0.6 is 23.1 Å². The van der Waals surface area contributed by atoms with E-state index in [-0.39, 0.29) is 23.3 Å². The van der Waals surface area contributed by atoms with Crippen molar-refractivity contribution in [1.82, 2.24) is 14.4 Å². The normalized spacial score (nSPS) is 15.4. The number of nitrogens with zero attached hydrogens (tertiary/aromatic N) is 6. The Morgan fingerprint density at radius 1 is 1.10 bits per heavy atom. The molecule has 0 radical (unpaired) electrons. The summed E-state index contributed by atoms with van der Waals surface area (Å²) in [5.41, 5.74) is 4.69. The van der Waals surface area contributed by atoms with E-state index < -0.39 is 6.36 Å². The Labute approximate surface area is 240 Å². The summed E-state index contributed by atoms with van der Waals surface area (Å²) in [6.07, 6.45) is 0.428. The summed E-state index contributed by atoms with van der Waals surface area (Å²) in [5, 5.41) is 10.9. The largest absolute Gasteiger partial charge is 0.573 e. The molecule has 2 aromatic carbocycles. The second-order valence-corrected chi connectivity index (χ2v) is 11.2. The molecule has 4 heterocycles. The Bertz CT molecular complexity index is 1830. The van der Waals surface area contributed by atoms with Gasteiger partial charge in [-0.2, -0.15) is 5.10 Å². The number of alkyl halides is 3. The van der Waals surface area contributed by atoms with Crippen molar-refractivity contribution in [3.63, 3.8) is 0 Å². The van der Waals surface area contributed by atoms with Crippen LogP contribution in [0.4, 0.5) is 19.0 Å². The fourth-order valence-corrected chi connectivity index (χ4v) is 6.10. The third-order valence-electron chi connectivity index (χ3n) is 6.33. The highest BCUT2D eigenvalue weighted by atomic mass is 32.2. The van der Waals surface area contributed by atoms with Crippen LogP contribution in [0.2, 0.25) is 0 Å². The first-order valence-electron chi connectivity index (χ1n) is 12.4. The van der Waals surface area contributed by atoms with E-state index in [9.17, 15) is 18.0 Å². The molecule has 41 heavy (non-hydrogen) atoms. The number of thioether (sulfide) groups is 1. The van der Waals surface area contributed by atoms with E-state index in [1.54, 1.807) is 30.1 Å². The molecule has 8 nitrogen and oxygen atoms in total. The summed E-state index contributed by atoms with van der Waals surface area (Å²) in [7, 11) is 0. The number of halogens is 3. The molecule has 0 atom stereocenters. The number of benzene rings is 2. The molecule has 208 valence electrons. The van der Waals surface area contributed by atoms with E-state index in [2.05, 4.69) is 38.8 Å². The van der Waals surface area contributed by atoms with Gasteiger partial charge in [0.15, 0.2) is 11.0 Å². The van der Waals surface area contributed by atoms with Crippen LogP contribution in [-0.4, -0.2) is 43.8 Å². The monoisotopic (exact) mass is 594 g/mol. The first-order valence-corrected chi connectivity index (χ1v) is 14.3. The maximum Gasteiger partial charge on any atom is 0.573 e. The zero-order chi connectivity index (χ0) is 28.7. The molecule has 0 saturated carbocycles. The van der Waals surface area contributed by atoms with Crippen molar-refractivity contribution < 1.29 is 22.7 Å². The molecule has 5 aromatic rings. The molecule has 0 aliphatic carbocycles. The van der Waals surface area contributed by atoms with Crippen LogP contribution in [0.1, 0.15) is 30.2 Å². The third-order valence-corrected chi connectivity index (χ3v) is 8.36. The number of aromatic nitrogens is 3. The van der Waals surface area contributed by atoms with Crippen LogP contribution in [-0.2, 0) is 4.79 Å². The SMILES string of the molecule is CC(C)c1scnc1N1C(=O)CSC1=NN=Cc1ccc2c(ccn3c(-c4ccc(OC(F)(F)F)cc4)cnc23)c1. The molecule has 1 aliphatic heterocycles. The molecule has 6 rings (SSSR count). The van der Waals surface area contributed by atoms with Crippen LogP contribution in [0, 0.1) is 0 Å². The minimum atomic E-state index is -4.74. The number of carbonyl (C=O) groups excluding carboxylic acids is 1. The van der Waals surface area contributed by atoms with E-state index in [1.165, 1.54) is 40.1 Å². The molecule has 0 bridgehead atoms. The summed E-state index contributed by atoms with van der Waals surface area (Å²) in [6, 6.07) is 13.4. The first kappa shape index (κ1) is 27.0. The molecular formula is C28H21F3N6O2S2. The number of amides is 1. The fourth-order valence-electron chi connectivity index (χ4n) is 4.51. The Morgan fingerprint density at radius 3 is 2.66 bits per heavy atom. The van der Waals surface area contributed by atoms with Gasteiger partial charge < -0.3 is 4.74 Å². The number of anilines is 1. The van der Waals surface area contributed by atoms with Crippen molar-refractivity contribution in [2.45, 2.75) is 26.1 Å². The number of hydrogen-bond acceptors (Lipinski definition) is 8. The summed E-state index contributed by atoms with van der Waals surface area (Å²) in [5.74, 6) is 0.778. The molecule has 1 amide bonds. The van der Waals surface area contributed by atoms with Crippen LogP contribution in [0.15, 0.2) is 76.6 Å². The highest BCUT2D eigenvalue weighted by Gasteiger charge is 2.34. The predicted molar refractivity (Wildman–Crippen MR) is 156 cm³/mol. The minimum absolute atomic E-state index is 0.0730. The molecule has 13 heteroatoms. The standard InChI is InChI=1S/C28H21F3N6O2S2/c1-16(2)24-26(33-15-41-24)37-23(38)14-40-27(37)35-34-12-17-3-8-21-19(11-17)9-10-36-22(13-32-25(21)36)18-4-6-20(7-5-18)39-28(29,30)31/h3-13,15-16H,14H2,1-2H3. The zero-order valence-electron chi connectivity index (χ0n) is 21.7. The highest BCUT2D eigenvalue weighted by Crippen LogP contribution is 2.35. The number of fused-ring (bicyclic) bond motifs is 3. The van der Waals surface area contributed by atoms with Crippen molar-refractivity contribution in [3.8, 4) is 17.0 Å². The molecule has 3 aromatic heterocycles. The number of thiazole rings is 1. The van der Waals surface area contributed by atoms with Crippen LogP contribution in [0.3, 0.4) is 0 Å². The summed E-state index contributed by atoms with van der Waals surface area (Å²) in [6.45, 7) is 4.12. The van der Waals surface area contributed by atoms with E-state index >= 15 is 0 Å². The van der Waals surface area contributed by atoms with Crippen molar-refractivity contribution in [1.29, 1.82) is 0 Å². The number of pyridine rings is 1. The smallest absolute Gasteiger partial charge is 0.406 e. The van der Waals surface area contributed by atoms with Crippen LogP contribution in [0.25, 0.3) is 27.7 Å². The number of hydrogen-bond donors (Lipinski definition) is 0. The second-order valence-electron chi connectivity index (χ2n) is 9.41. The third kappa shape index (κ3) is 5.42. The van der Waals surface area contributed by atoms with Gasteiger partial charge in [0.25, 0.3) is 0 Å². The Morgan fingerprint density at radius 2 is 1.90 bits per heavy atom. The Balaban J connectivity index is 1.25. The molecule has 0 unspecified atom stereocenters. The molecule has 0 spiro atoms. The van der Waals surface area contributed by atoms with Crippen molar-refractivity contribution in [2.24, 2.45) is 10.2 Å². The average molecular weight is 595 g/mol. The lowest BCUT2D eigenvalue weighted by atomic mass is 10.1. The molecule has 0 N–H and O–H groups in total. The lowest BCUT2D eigenvalue weighted by molar-refractivity contribution is -0.274. The Kier molecular flexibility index (Phi) is 6.99. The maximum absolute atomic E-state index is 12.6. The highest BCUT2D eigenvalue weighted by molar-refractivity contribution is 8.15. The molecular weight excluding hydrogens is 573 g/mol. The first-order chi connectivity index (χ1) is 19.7. The van der Waals surface area contributed by atoms with Gasteiger partial charge in [-0.25, -0.2) is 14.9 Å². The van der Waals surface area contributed by atoms with E-state index in [0.717, 1.165) is 26.9 Å². The lowest BCUT2D eigenvalue weighted by Gasteiger charge is -2.15. The van der Waals surface area contributed by atoms with Crippen molar-refractivity contribution >= 4 is 62.6 Å². The van der Waals surface area contributed by atoms with E-state index in [4.69, 9.17) is 0 Å². The van der Waals surface area contributed by atoms with Gasteiger partial charge in [-0.15, -0.1) is 29.6 Å². The van der Waals surface area contributed by atoms with Gasteiger partial charge in [0, 0.05) is 17.1 Å². The van der Waals surface area contributed by atoms with Crippen molar-refractivity contribution in [3.05, 3.63) is 76.9 Å². The molecule has 1 fully saturated rings. The van der Waals surface area contributed by atoms with Gasteiger partial charge in [0.2, 0.25) is 5.91 Å². The molecule has 1 aliphatic rings. The lowest BCUT2D eigenvalue weighted by Crippen LogP contribution is -2.30. The number of carbonyl (C=O) groups is 1. The number of imidazole rings is 1. The summed E-state index contributed by atoms with van der Waals surface area (Å²) in [4.78, 5) is 24.1. The van der Waals surface area contributed by atoms with Gasteiger partial charge in [-0.1, -0.05) is 31.7 Å². The van der Waals surface area contributed by atoms with E-state index in [0.29, 0.717) is 22.2 Å².